The summed E-state index contributed by atoms with van der Waals surface area (Å²) in [5.41, 5.74) is 0.935. The highest BCUT2D eigenvalue weighted by molar-refractivity contribution is 7.89. The fraction of sp³-hybridized carbons (Fsp3) is 0.250. The highest BCUT2D eigenvalue weighted by Gasteiger charge is 2.21. The van der Waals surface area contributed by atoms with Crippen molar-refractivity contribution in [1.29, 1.82) is 0 Å². The van der Waals surface area contributed by atoms with Crippen molar-refractivity contribution >= 4 is 21.4 Å². The highest BCUT2D eigenvalue weighted by atomic mass is 32.2. The number of aryl methyl sites for hydroxylation is 1. The van der Waals surface area contributed by atoms with Crippen LogP contribution in [0.1, 0.15) is 5.56 Å². The topological polar surface area (TPSA) is 116 Å². The Kier molecular flexibility index (Phi) is 5.60. The summed E-state index contributed by atoms with van der Waals surface area (Å²) < 4.78 is 29.2. The lowest BCUT2D eigenvalue weighted by Gasteiger charge is -2.22. The van der Waals surface area contributed by atoms with E-state index in [-0.39, 0.29) is 16.3 Å². The molecule has 0 atom stereocenters. The predicted octanol–water partition coefficient (Wildman–Crippen LogP) is 2.07. The molecule has 0 bridgehead atoms. The molecule has 0 aliphatic heterocycles. The third-order valence-electron chi connectivity index (χ3n) is 3.65. The number of non-ortho nitro benzene ring substituents is 1. The van der Waals surface area contributed by atoms with Gasteiger partial charge in [-0.3, -0.25) is 10.1 Å². The summed E-state index contributed by atoms with van der Waals surface area (Å²) in [6.07, 6.45) is 0. The molecule has 25 heavy (non-hydrogen) atoms. The van der Waals surface area contributed by atoms with Crippen LogP contribution in [0, 0.1) is 17.0 Å². The standard InChI is InChI=1S/C16H19N3O5S/c1-12-5-3-4-6-15(12)24-10-9-18(2)14-8-7-13(19(20)21)11-16(14)25(17,22)23/h3-8,11H,9-10H2,1-2H3,(H2,17,22,23). The molecule has 2 aromatic carbocycles. The van der Waals surface area contributed by atoms with Crippen molar-refractivity contribution in [2.45, 2.75) is 11.8 Å². The van der Waals surface area contributed by atoms with E-state index in [9.17, 15) is 18.5 Å². The first-order valence-corrected chi connectivity index (χ1v) is 8.95. The van der Waals surface area contributed by atoms with Gasteiger partial charge in [-0.25, -0.2) is 13.6 Å². The first kappa shape index (κ1) is 18.7. The first-order chi connectivity index (χ1) is 11.7. The maximum atomic E-state index is 11.8. The lowest BCUT2D eigenvalue weighted by atomic mass is 10.2. The molecule has 134 valence electrons. The number of nitrogens with zero attached hydrogens (tertiary/aromatic N) is 2. The Hall–Kier alpha value is -2.65. The minimum Gasteiger partial charge on any atom is -0.491 e. The molecule has 0 saturated heterocycles. The van der Waals surface area contributed by atoms with E-state index < -0.39 is 14.9 Å². The maximum absolute atomic E-state index is 11.8. The van der Waals surface area contributed by atoms with Gasteiger partial charge in [0, 0.05) is 19.2 Å². The van der Waals surface area contributed by atoms with Crippen molar-refractivity contribution in [3.05, 3.63) is 58.1 Å². The zero-order valence-corrected chi connectivity index (χ0v) is 14.7. The van der Waals surface area contributed by atoms with E-state index in [1.54, 1.807) is 11.9 Å². The Morgan fingerprint density at radius 2 is 1.92 bits per heavy atom. The minimum atomic E-state index is -4.11. The van der Waals surface area contributed by atoms with Crippen molar-refractivity contribution in [3.63, 3.8) is 0 Å². The van der Waals surface area contributed by atoms with E-state index in [4.69, 9.17) is 9.88 Å². The molecule has 9 heteroatoms. The molecule has 0 radical (unpaired) electrons. The number of primary sulfonamides is 1. The van der Waals surface area contributed by atoms with Crippen LogP contribution in [0.5, 0.6) is 5.75 Å². The summed E-state index contributed by atoms with van der Waals surface area (Å²) in [4.78, 5) is 11.5. The smallest absolute Gasteiger partial charge is 0.270 e. The number of para-hydroxylation sites is 1. The number of hydrogen-bond donors (Lipinski definition) is 1. The van der Waals surface area contributed by atoms with Crippen LogP contribution in [0.25, 0.3) is 0 Å². The van der Waals surface area contributed by atoms with Crippen LogP contribution in [0.2, 0.25) is 0 Å². The van der Waals surface area contributed by atoms with Crippen molar-refractivity contribution in [3.8, 4) is 5.75 Å². The molecule has 0 amide bonds. The summed E-state index contributed by atoms with van der Waals surface area (Å²) in [6, 6.07) is 11.1. The summed E-state index contributed by atoms with van der Waals surface area (Å²) in [6.45, 7) is 2.60. The van der Waals surface area contributed by atoms with Gasteiger partial charge in [0.15, 0.2) is 0 Å². The van der Waals surface area contributed by atoms with Crippen molar-refractivity contribution < 1.29 is 18.1 Å². The van der Waals surface area contributed by atoms with Crippen LogP contribution in [-0.2, 0) is 10.0 Å². The minimum absolute atomic E-state index is 0.279. The number of rotatable bonds is 7. The number of sulfonamides is 1. The molecule has 0 aliphatic rings. The fourth-order valence-electron chi connectivity index (χ4n) is 2.29. The zero-order valence-electron chi connectivity index (χ0n) is 13.9. The van der Waals surface area contributed by atoms with Gasteiger partial charge in [0.2, 0.25) is 10.0 Å². The Balaban J connectivity index is 2.17. The predicted molar refractivity (Wildman–Crippen MR) is 94.4 cm³/mol. The van der Waals surface area contributed by atoms with E-state index in [2.05, 4.69) is 0 Å². The van der Waals surface area contributed by atoms with Gasteiger partial charge in [0.1, 0.15) is 17.3 Å². The molecular formula is C16H19N3O5S. The summed E-state index contributed by atoms with van der Waals surface area (Å²) in [5.74, 6) is 0.742. The van der Waals surface area contributed by atoms with Gasteiger partial charge in [-0.15, -0.1) is 0 Å². The monoisotopic (exact) mass is 365 g/mol. The second-order valence-electron chi connectivity index (χ2n) is 5.49. The van der Waals surface area contributed by atoms with Crippen LogP contribution in [-0.4, -0.2) is 33.5 Å². The Morgan fingerprint density at radius 1 is 1.24 bits per heavy atom. The second-order valence-corrected chi connectivity index (χ2v) is 7.02. The number of hydrogen-bond acceptors (Lipinski definition) is 6. The number of nitrogens with two attached hydrogens (primary N) is 1. The van der Waals surface area contributed by atoms with E-state index in [1.165, 1.54) is 12.1 Å². The third-order valence-corrected chi connectivity index (χ3v) is 4.59. The van der Waals surface area contributed by atoms with Gasteiger partial charge in [-0.2, -0.15) is 0 Å². The number of benzene rings is 2. The SMILES string of the molecule is Cc1ccccc1OCCN(C)c1ccc([N+](=O)[O-])cc1S(N)(=O)=O. The number of nitro groups is 1. The molecule has 0 saturated carbocycles. The molecule has 0 heterocycles. The van der Waals surface area contributed by atoms with Crippen molar-refractivity contribution in [2.24, 2.45) is 5.14 Å². The number of anilines is 1. The second kappa shape index (κ2) is 7.49. The Labute approximate surface area is 146 Å². The van der Waals surface area contributed by atoms with Gasteiger partial charge < -0.3 is 9.64 Å². The maximum Gasteiger partial charge on any atom is 0.270 e. The summed E-state index contributed by atoms with van der Waals surface area (Å²) in [5, 5.41) is 16.1. The molecule has 0 spiro atoms. The van der Waals surface area contributed by atoms with E-state index in [1.807, 2.05) is 31.2 Å². The van der Waals surface area contributed by atoms with E-state index in [0.717, 1.165) is 17.4 Å². The average molecular weight is 365 g/mol. The van der Waals surface area contributed by atoms with Crippen LogP contribution >= 0.6 is 0 Å². The van der Waals surface area contributed by atoms with Crippen LogP contribution in [0.4, 0.5) is 11.4 Å². The molecule has 0 unspecified atom stereocenters. The summed E-state index contributed by atoms with van der Waals surface area (Å²) >= 11 is 0. The lowest BCUT2D eigenvalue weighted by Crippen LogP contribution is -2.26. The molecule has 0 aliphatic carbocycles. The average Bonchev–Trinajstić information content (AvgIpc) is 2.55. The van der Waals surface area contributed by atoms with Crippen LogP contribution < -0.4 is 14.8 Å². The van der Waals surface area contributed by atoms with E-state index >= 15 is 0 Å². The fourth-order valence-corrected chi connectivity index (χ4v) is 3.09. The summed E-state index contributed by atoms with van der Waals surface area (Å²) in [7, 11) is -2.44. The van der Waals surface area contributed by atoms with Crippen LogP contribution in [0.15, 0.2) is 47.4 Å². The molecular weight excluding hydrogens is 346 g/mol. The Morgan fingerprint density at radius 3 is 2.52 bits per heavy atom. The molecule has 2 aromatic rings. The Bertz CT molecular complexity index is 883. The molecule has 2 N–H and O–H groups in total. The quantitative estimate of drug-likeness (QED) is 0.593. The highest BCUT2D eigenvalue weighted by Crippen LogP contribution is 2.28. The number of likely N-dealkylation sites (N-methyl/N-ethyl adjacent to an activating group) is 1. The molecule has 0 fully saturated rings. The first-order valence-electron chi connectivity index (χ1n) is 7.41. The van der Waals surface area contributed by atoms with Gasteiger partial charge in [0.05, 0.1) is 17.2 Å². The third kappa shape index (κ3) is 4.68. The van der Waals surface area contributed by atoms with Gasteiger partial charge in [-0.1, -0.05) is 18.2 Å². The van der Waals surface area contributed by atoms with Gasteiger partial charge in [-0.05, 0) is 24.6 Å². The van der Waals surface area contributed by atoms with Crippen molar-refractivity contribution in [2.75, 3.05) is 25.1 Å². The molecule has 8 nitrogen and oxygen atoms in total. The van der Waals surface area contributed by atoms with Crippen LogP contribution in [0.3, 0.4) is 0 Å². The van der Waals surface area contributed by atoms with Gasteiger partial charge in [0.25, 0.3) is 5.69 Å². The largest absolute Gasteiger partial charge is 0.491 e. The van der Waals surface area contributed by atoms with E-state index in [0.29, 0.717) is 13.2 Å². The molecule has 0 aromatic heterocycles. The molecule has 2 rings (SSSR count). The lowest BCUT2D eigenvalue weighted by molar-refractivity contribution is -0.385. The van der Waals surface area contributed by atoms with Gasteiger partial charge >= 0.3 is 0 Å². The number of nitro benzene ring substituents is 1. The van der Waals surface area contributed by atoms with Crippen molar-refractivity contribution in [1.82, 2.24) is 0 Å². The number of ether oxygens (including phenoxy) is 1. The normalized spacial score (nSPS) is 11.2. The zero-order chi connectivity index (χ0) is 18.6.